The van der Waals surface area contributed by atoms with Crippen LogP contribution in [0.4, 0.5) is 5.69 Å². The summed E-state index contributed by atoms with van der Waals surface area (Å²) in [5.74, 6) is 1.59. The number of nitrogens with zero attached hydrogens (tertiary/aromatic N) is 4. The van der Waals surface area contributed by atoms with E-state index in [9.17, 15) is 4.79 Å². The number of tetrazole rings is 1. The fourth-order valence-electron chi connectivity index (χ4n) is 2.49. The molecule has 3 aromatic rings. The number of para-hydroxylation sites is 2. The van der Waals surface area contributed by atoms with Gasteiger partial charge >= 0.3 is 0 Å². The lowest BCUT2D eigenvalue weighted by atomic mass is 10.1. The van der Waals surface area contributed by atoms with Crippen LogP contribution >= 0.6 is 11.8 Å². The maximum absolute atomic E-state index is 12.2. The fraction of sp³-hybridized carbons (Fsp3) is 0.222. The Hall–Kier alpha value is -2.67. The molecule has 1 aromatic heterocycles. The molecule has 0 saturated heterocycles. The quantitative estimate of drug-likeness (QED) is 0.737. The van der Waals surface area contributed by atoms with Crippen molar-refractivity contribution in [3.05, 3.63) is 65.5 Å². The van der Waals surface area contributed by atoms with Crippen molar-refractivity contribution in [1.82, 2.24) is 20.2 Å². The highest BCUT2D eigenvalue weighted by molar-refractivity contribution is 7.99. The Morgan fingerprint density at radius 1 is 1.08 bits per heavy atom. The first kappa shape index (κ1) is 17.2. The van der Waals surface area contributed by atoms with E-state index in [4.69, 9.17) is 0 Å². The average Bonchev–Trinajstić information content (AvgIpc) is 3.08. The highest BCUT2D eigenvalue weighted by atomic mass is 32.2. The summed E-state index contributed by atoms with van der Waals surface area (Å²) in [5, 5.41) is 14.8. The van der Waals surface area contributed by atoms with Crippen molar-refractivity contribution < 1.29 is 4.79 Å². The summed E-state index contributed by atoms with van der Waals surface area (Å²) in [6.07, 6.45) is 0. The number of hydrogen-bond acceptors (Lipinski definition) is 5. The maximum Gasteiger partial charge on any atom is 0.234 e. The van der Waals surface area contributed by atoms with Crippen LogP contribution < -0.4 is 5.32 Å². The third kappa shape index (κ3) is 4.24. The van der Waals surface area contributed by atoms with E-state index in [0.29, 0.717) is 11.5 Å². The summed E-state index contributed by atoms with van der Waals surface area (Å²) >= 11 is 1.48. The third-order valence-corrected chi connectivity index (χ3v) is 4.67. The molecular weight excluding hydrogens is 334 g/mol. The van der Waals surface area contributed by atoms with Crippen LogP contribution in [0.3, 0.4) is 0 Å². The smallest absolute Gasteiger partial charge is 0.234 e. The van der Waals surface area contributed by atoms with Crippen molar-refractivity contribution >= 4 is 23.4 Å². The highest BCUT2D eigenvalue weighted by Crippen LogP contribution is 2.20. The van der Waals surface area contributed by atoms with Gasteiger partial charge in [0.05, 0.1) is 17.2 Å². The minimum atomic E-state index is -0.0267. The second-order valence-corrected chi connectivity index (χ2v) is 6.64. The summed E-state index contributed by atoms with van der Waals surface area (Å²) < 4.78 is 1.69. The first-order valence-electron chi connectivity index (χ1n) is 7.91. The fourth-order valence-corrected chi connectivity index (χ4v) is 3.21. The van der Waals surface area contributed by atoms with Gasteiger partial charge in [-0.1, -0.05) is 36.4 Å². The molecule has 0 spiro atoms. The Morgan fingerprint density at radius 3 is 2.52 bits per heavy atom. The Morgan fingerprint density at radius 2 is 1.80 bits per heavy atom. The number of hydrogen-bond donors (Lipinski definition) is 1. The summed E-state index contributed by atoms with van der Waals surface area (Å²) in [6.45, 7) is 3.98. The van der Waals surface area contributed by atoms with Gasteiger partial charge in [-0.05, 0) is 47.5 Å². The van der Waals surface area contributed by atoms with E-state index < -0.39 is 0 Å². The van der Waals surface area contributed by atoms with Crippen LogP contribution in [-0.2, 0) is 10.5 Å². The standard InChI is InChI=1S/C18H19N5OS/c1-13-7-6-8-14(2)18(13)19-17(24)12-25-11-16-20-21-22-23(16)15-9-4-3-5-10-15/h3-10H,11-12H2,1-2H3,(H,19,24). The van der Waals surface area contributed by atoms with E-state index in [0.717, 1.165) is 28.3 Å². The van der Waals surface area contributed by atoms with Crippen LogP contribution in [0.25, 0.3) is 5.69 Å². The number of rotatable bonds is 6. The molecule has 25 heavy (non-hydrogen) atoms. The first-order chi connectivity index (χ1) is 12.1. The molecule has 1 amide bonds. The van der Waals surface area contributed by atoms with Gasteiger partial charge in [-0.25, -0.2) is 0 Å². The average molecular weight is 353 g/mol. The molecule has 0 fully saturated rings. The van der Waals surface area contributed by atoms with Crippen LogP contribution in [0, 0.1) is 13.8 Å². The monoisotopic (exact) mass is 353 g/mol. The number of aromatic nitrogens is 4. The van der Waals surface area contributed by atoms with E-state index in [1.54, 1.807) is 4.68 Å². The predicted molar refractivity (Wildman–Crippen MR) is 99.9 cm³/mol. The van der Waals surface area contributed by atoms with Crippen LogP contribution in [0.5, 0.6) is 0 Å². The van der Waals surface area contributed by atoms with E-state index in [2.05, 4.69) is 20.8 Å². The van der Waals surface area contributed by atoms with Crippen molar-refractivity contribution in [3.8, 4) is 5.69 Å². The Bertz CT molecular complexity index is 843. The SMILES string of the molecule is Cc1cccc(C)c1NC(=O)CSCc1nnnn1-c1ccccc1. The van der Waals surface area contributed by atoms with Crippen LogP contribution in [0.15, 0.2) is 48.5 Å². The van der Waals surface area contributed by atoms with Crippen LogP contribution in [0.1, 0.15) is 17.0 Å². The third-order valence-electron chi connectivity index (χ3n) is 3.74. The molecule has 0 aliphatic rings. The van der Waals surface area contributed by atoms with E-state index in [1.165, 1.54) is 11.8 Å². The molecule has 0 radical (unpaired) electrons. The van der Waals surface area contributed by atoms with E-state index in [1.807, 2.05) is 62.4 Å². The molecule has 0 aliphatic carbocycles. The van der Waals surface area contributed by atoms with Crippen molar-refractivity contribution in [2.45, 2.75) is 19.6 Å². The molecule has 0 atom stereocenters. The van der Waals surface area contributed by atoms with Gasteiger partial charge in [-0.3, -0.25) is 4.79 Å². The van der Waals surface area contributed by atoms with E-state index >= 15 is 0 Å². The topological polar surface area (TPSA) is 72.7 Å². The Labute approximate surface area is 150 Å². The maximum atomic E-state index is 12.2. The molecule has 0 aliphatic heterocycles. The van der Waals surface area contributed by atoms with Crippen molar-refractivity contribution in [1.29, 1.82) is 0 Å². The van der Waals surface area contributed by atoms with Gasteiger partial charge in [0.15, 0.2) is 5.82 Å². The Kier molecular flexibility index (Phi) is 5.45. The zero-order valence-electron chi connectivity index (χ0n) is 14.1. The van der Waals surface area contributed by atoms with Gasteiger partial charge in [0.25, 0.3) is 0 Å². The molecule has 0 unspecified atom stereocenters. The molecular formula is C18H19N5OS. The van der Waals surface area contributed by atoms with E-state index in [-0.39, 0.29) is 5.91 Å². The summed E-state index contributed by atoms with van der Waals surface area (Å²) in [4.78, 5) is 12.2. The number of carbonyl (C=O) groups is 1. The molecule has 2 aromatic carbocycles. The zero-order valence-corrected chi connectivity index (χ0v) is 15.0. The van der Waals surface area contributed by atoms with Crippen LogP contribution in [0.2, 0.25) is 0 Å². The van der Waals surface area contributed by atoms with Crippen molar-refractivity contribution in [2.24, 2.45) is 0 Å². The summed E-state index contributed by atoms with van der Waals surface area (Å²) in [6, 6.07) is 15.7. The lowest BCUT2D eigenvalue weighted by Crippen LogP contribution is -2.16. The molecule has 7 heteroatoms. The van der Waals surface area contributed by atoms with Crippen molar-refractivity contribution in [3.63, 3.8) is 0 Å². The largest absolute Gasteiger partial charge is 0.325 e. The molecule has 1 heterocycles. The molecule has 3 rings (SSSR count). The molecule has 1 N–H and O–H groups in total. The molecule has 128 valence electrons. The zero-order chi connectivity index (χ0) is 17.6. The molecule has 6 nitrogen and oxygen atoms in total. The first-order valence-corrected chi connectivity index (χ1v) is 9.07. The minimum absolute atomic E-state index is 0.0267. The lowest BCUT2D eigenvalue weighted by Gasteiger charge is -2.11. The summed E-state index contributed by atoms with van der Waals surface area (Å²) in [5.41, 5.74) is 3.92. The van der Waals surface area contributed by atoms with Gasteiger partial charge < -0.3 is 5.32 Å². The van der Waals surface area contributed by atoms with Gasteiger partial charge in [-0.2, -0.15) is 4.68 Å². The second kappa shape index (κ2) is 7.94. The number of amides is 1. The predicted octanol–water partition coefficient (Wildman–Crippen LogP) is 3.15. The number of thioether (sulfide) groups is 1. The van der Waals surface area contributed by atoms with Crippen LogP contribution in [-0.4, -0.2) is 31.9 Å². The Balaban J connectivity index is 1.57. The summed E-state index contributed by atoms with van der Waals surface area (Å²) in [7, 11) is 0. The minimum Gasteiger partial charge on any atom is -0.325 e. The number of anilines is 1. The number of benzene rings is 2. The number of aryl methyl sites for hydroxylation is 2. The molecule has 0 bridgehead atoms. The van der Waals surface area contributed by atoms with Crippen molar-refractivity contribution in [2.75, 3.05) is 11.1 Å². The normalized spacial score (nSPS) is 10.6. The van der Waals surface area contributed by atoms with Gasteiger partial charge in [-0.15, -0.1) is 16.9 Å². The lowest BCUT2D eigenvalue weighted by molar-refractivity contribution is -0.113. The second-order valence-electron chi connectivity index (χ2n) is 5.65. The van der Waals surface area contributed by atoms with Gasteiger partial charge in [0.2, 0.25) is 5.91 Å². The highest BCUT2D eigenvalue weighted by Gasteiger charge is 2.11. The van der Waals surface area contributed by atoms with Gasteiger partial charge in [0.1, 0.15) is 0 Å². The number of carbonyl (C=O) groups excluding carboxylic acids is 1. The van der Waals surface area contributed by atoms with Gasteiger partial charge in [0, 0.05) is 5.69 Å². The number of nitrogens with one attached hydrogen (secondary N) is 1. The molecule has 0 saturated carbocycles.